The van der Waals surface area contributed by atoms with Crippen molar-refractivity contribution >= 4 is 26.5 Å². The van der Waals surface area contributed by atoms with E-state index in [1.54, 1.807) is 17.4 Å². The number of nitrogens with zero attached hydrogens (tertiary/aromatic N) is 1. The molecule has 0 saturated heterocycles. The first-order valence-electron chi connectivity index (χ1n) is 10.2. The van der Waals surface area contributed by atoms with Gasteiger partial charge in [0.15, 0.2) is 5.13 Å². The number of aryl methyl sites for hydroxylation is 2. The number of aliphatic hydroxyl groups is 1. The Morgan fingerprint density at radius 1 is 1.21 bits per heavy atom. The molecule has 0 unspecified atom stereocenters. The van der Waals surface area contributed by atoms with Gasteiger partial charge >= 0.3 is 0 Å². The lowest BCUT2D eigenvalue weighted by molar-refractivity contribution is 0.120. The fourth-order valence-electron chi connectivity index (χ4n) is 3.54. The molecule has 1 aliphatic rings. The number of thiazole rings is 1. The molecule has 3 N–H and O–H groups in total. The molecule has 1 aromatic heterocycles. The number of hydrogen-bond acceptors (Lipinski definition) is 6. The molecule has 1 aromatic carbocycles. The minimum atomic E-state index is -3.63. The summed E-state index contributed by atoms with van der Waals surface area (Å²) in [5.74, 6) is 0.519. The molecular formula is C21H31N3O3S2. The second kappa shape index (κ2) is 9.12. The van der Waals surface area contributed by atoms with Crippen molar-refractivity contribution in [3.05, 3.63) is 29.5 Å². The average Bonchev–Trinajstić information content (AvgIpc) is 3.03. The Morgan fingerprint density at radius 3 is 2.55 bits per heavy atom. The lowest BCUT2D eigenvalue weighted by Crippen LogP contribution is -2.38. The van der Waals surface area contributed by atoms with Crippen molar-refractivity contribution in [2.45, 2.75) is 70.4 Å². The molecule has 0 aliphatic heterocycles. The summed E-state index contributed by atoms with van der Waals surface area (Å²) in [4.78, 5) is 5.88. The van der Waals surface area contributed by atoms with E-state index in [1.165, 1.54) is 0 Å². The molecule has 0 bridgehead atoms. The van der Waals surface area contributed by atoms with Gasteiger partial charge in [0.05, 0.1) is 21.6 Å². The van der Waals surface area contributed by atoms with Crippen LogP contribution in [-0.2, 0) is 10.0 Å². The Balaban J connectivity index is 1.84. The highest BCUT2D eigenvalue weighted by Crippen LogP contribution is 2.35. The van der Waals surface area contributed by atoms with Crippen LogP contribution >= 0.6 is 11.3 Å². The van der Waals surface area contributed by atoms with Gasteiger partial charge in [0.25, 0.3) is 0 Å². The number of nitrogens with one attached hydrogen (secondary N) is 2. The Bertz CT molecular complexity index is 946. The van der Waals surface area contributed by atoms with Crippen LogP contribution in [0.25, 0.3) is 10.4 Å². The summed E-state index contributed by atoms with van der Waals surface area (Å²) in [5, 5.41) is 13.9. The van der Waals surface area contributed by atoms with E-state index in [0.717, 1.165) is 33.4 Å². The van der Waals surface area contributed by atoms with Crippen LogP contribution in [0.5, 0.6) is 0 Å². The molecule has 1 aliphatic carbocycles. The molecule has 0 spiro atoms. The number of sulfonamides is 1. The fourth-order valence-corrected chi connectivity index (χ4v) is 6.08. The van der Waals surface area contributed by atoms with Gasteiger partial charge in [-0.3, -0.25) is 0 Å². The van der Waals surface area contributed by atoms with Crippen molar-refractivity contribution < 1.29 is 13.5 Å². The number of aliphatic hydroxyl groups excluding tert-OH is 1. The van der Waals surface area contributed by atoms with Crippen molar-refractivity contribution in [3.63, 3.8) is 0 Å². The highest BCUT2D eigenvalue weighted by Gasteiger charge is 2.26. The normalized spacial score (nSPS) is 20.2. The van der Waals surface area contributed by atoms with E-state index in [9.17, 15) is 13.5 Å². The van der Waals surface area contributed by atoms with Crippen LogP contribution in [0.2, 0.25) is 0 Å². The van der Waals surface area contributed by atoms with Crippen LogP contribution in [-0.4, -0.2) is 37.2 Å². The Kier molecular flexibility index (Phi) is 6.98. The standard InChI is InChI=1S/C21H31N3O3S2/c1-13(2)12-22-21-23-15(4)20(28-21)16-6-5-14(3)19(11-16)29(26,27)24-17-7-9-18(25)10-8-17/h5-6,11,13,17-18,24-25H,7-10,12H2,1-4H3,(H,22,23)/t17-,18+. The van der Waals surface area contributed by atoms with Gasteiger partial charge in [-0.2, -0.15) is 0 Å². The van der Waals surface area contributed by atoms with Crippen molar-refractivity contribution in [1.82, 2.24) is 9.71 Å². The summed E-state index contributed by atoms with van der Waals surface area (Å²) in [5.41, 5.74) is 2.47. The van der Waals surface area contributed by atoms with Crippen molar-refractivity contribution in [3.8, 4) is 10.4 Å². The zero-order valence-corrected chi connectivity index (χ0v) is 19.2. The average molecular weight is 438 g/mol. The molecule has 1 fully saturated rings. The van der Waals surface area contributed by atoms with Gasteiger partial charge in [-0.05, 0) is 62.6 Å². The van der Waals surface area contributed by atoms with Gasteiger partial charge < -0.3 is 10.4 Å². The van der Waals surface area contributed by atoms with Crippen LogP contribution in [0, 0.1) is 19.8 Å². The van der Waals surface area contributed by atoms with Crippen LogP contribution in [0.15, 0.2) is 23.1 Å². The minimum absolute atomic E-state index is 0.122. The molecular weight excluding hydrogens is 406 g/mol. The molecule has 0 atom stereocenters. The van der Waals surface area contributed by atoms with Gasteiger partial charge in [0.1, 0.15) is 0 Å². The Labute approximate surface area is 177 Å². The summed E-state index contributed by atoms with van der Waals surface area (Å²) >= 11 is 1.55. The molecule has 3 rings (SSSR count). The third-order valence-corrected chi connectivity index (χ3v) is 8.04. The zero-order valence-electron chi connectivity index (χ0n) is 17.5. The number of anilines is 1. The molecule has 0 radical (unpaired) electrons. The van der Waals surface area contributed by atoms with Crippen molar-refractivity contribution in [2.24, 2.45) is 5.92 Å². The smallest absolute Gasteiger partial charge is 0.241 e. The number of benzene rings is 1. The minimum Gasteiger partial charge on any atom is -0.393 e. The fraction of sp³-hybridized carbons (Fsp3) is 0.571. The number of rotatable bonds is 7. The number of hydrogen-bond donors (Lipinski definition) is 3. The first kappa shape index (κ1) is 22.2. The Hall–Kier alpha value is -1.48. The summed E-state index contributed by atoms with van der Waals surface area (Å²) in [7, 11) is -3.63. The summed E-state index contributed by atoms with van der Waals surface area (Å²) < 4.78 is 29.0. The second-order valence-electron chi connectivity index (χ2n) is 8.32. The zero-order chi connectivity index (χ0) is 21.2. The van der Waals surface area contributed by atoms with Crippen LogP contribution < -0.4 is 10.0 Å². The van der Waals surface area contributed by atoms with Crippen LogP contribution in [0.3, 0.4) is 0 Å². The molecule has 160 valence electrons. The van der Waals surface area contributed by atoms with Gasteiger partial charge in [-0.25, -0.2) is 18.1 Å². The predicted molar refractivity (Wildman–Crippen MR) is 119 cm³/mol. The van der Waals surface area contributed by atoms with E-state index >= 15 is 0 Å². The highest BCUT2D eigenvalue weighted by atomic mass is 32.2. The molecule has 8 heteroatoms. The molecule has 2 aromatic rings. The third kappa shape index (κ3) is 5.57. The summed E-state index contributed by atoms with van der Waals surface area (Å²) in [6.07, 6.45) is 2.29. The van der Waals surface area contributed by atoms with Gasteiger partial charge in [-0.1, -0.05) is 37.3 Å². The van der Waals surface area contributed by atoms with Crippen molar-refractivity contribution in [1.29, 1.82) is 0 Å². The van der Waals surface area contributed by atoms with E-state index in [-0.39, 0.29) is 12.1 Å². The van der Waals surface area contributed by atoms with E-state index in [1.807, 2.05) is 26.0 Å². The van der Waals surface area contributed by atoms with E-state index in [0.29, 0.717) is 36.5 Å². The predicted octanol–water partition coefficient (Wildman–Crippen LogP) is 4.08. The van der Waals surface area contributed by atoms with Crippen molar-refractivity contribution in [2.75, 3.05) is 11.9 Å². The lowest BCUT2D eigenvalue weighted by Gasteiger charge is -2.26. The molecule has 29 heavy (non-hydrogen) atoms. The second-order valence-corrected chi connectivity index (χ2v) is 11.0. The van der Waals surface area contributed by atoms with Crippen LogP contribution in [0.1, 0.15) is 50.8 Å². The summed E-state index contributed by atoms with van der Waals surface area (Å²) in [6, 6.07) is 5.44. The first-order chi connectivity index (χ1) is 13.7. The number of aromatic nitrogens is 1. The van der Waals surface area contributed by atoms with Crippen LogP contribution in [0.4, 0.5) is 5.13 Å². The largest absolute Gasteiger partial charge is 0.393 e. The van der Waals surface area contributed by atoms with E-state index in [2.05, 4.69) is 28.9 Å². The molecule has 6 nitrogen and oxygen atoms in total. The first-order valence-corrected chi connectivity index (χ1v) is 12.5. The molecule has 1 heterocycles. The van der Waals surface area contributed by atoms with Gasteiger partial charge in [-0.15, -0.1) is 0 Å². The van der Waals surface area contributed by atoms with E-state index in [4.69, 9.17) is 0 Å². The van der Waals surface area contributed by atoms with Gasteiger partial charge in [0.2, 0.25) is 10.0 Å². The Morgan fingerprint density at radius 2 is 1.90 bits per heavy atom. The monoisotopic (exact) mass is 437 g/mol. The molecule has 1 saturated carbocycles. The maximum absolute atomic E-state index is 13.1. The third-order valence-electron chi connectivity index (χ3n) is 5.22. The van der Waals surface area contributed by atoms with Gasteiger partial charge in [0, 0.05) is 12.6 Å². The molecule has 0 amide bonds. The van der Waals surface area contributed by atoms with E-state index < -0.39 is 10.0 Å². The quantitative estimate of drug-likeness (QED) is 0.607. The lowest BCUT2D eigenvalue weighted by atomic mass is 9.94. The topological polar surface area (TPSA) is 91.3 Å². The highest BCUT2D eigenvalue weighted by molar-refractivity contribution is 7.89. The SMILES string of the molecule is Cc1ccc(-c2sc(NCC(C)C)nc2C)cc1S(=O)(=O)N[C@H]1CC[C@@H](O)CC1. The summed E-state index contributed by atoms with van der Waals surface area (Å²) in [6.45, 7) is 8.90. The maximum atomic E-state index is 13.1. The maximum Gasteiger partial charge on any atom is 0.241 e.